The van der Waals surface area contributed by atoms with Crippen LogP contribution in [0.3, 0.4) is 0 Å². The third kappa shape index (κ3) is 1.72. The van der Waals surface area contributed by atoms with E-state index in [0.717, 1.165) is 18.4 Å². The van der Waals surface area contributed by atoms with Crippen molar-refractivity contribution in [2.45, 2.75) is 45.1 Å². The van der Waals surface area contributed by atoms with E-state index in [1.54, 1.807) is 12.1 Å². The van der Waals surface area contributed by atoms with Crippen LogP contribution in [0, 0.1) is 15.5 Å². The number of aliphatic hydroxyl groups is 1. The van der Waals surface area contributed by atoms with Gasteiger partial charge < -0.3 is 5.11 Å². The summed E-state index contributed by atoms with van der Waals surface area (Å²) < 4.78 is 0. The molecule has 0 radical (unpaired) electrons. The lowest BCUT2D eigenvalue weighted by atomic mass is 9.53. The molecule has 0 spiro atoms. The predicted molar refractivity (Wildman–Crippen MR) is 69.5 cm³/mol. The molecule has 1 aliphatic carbocycles. The van der Waals surface area contributed by atoms with Crippen molar-refractivity contribution in [1.82, 2.24) is 0 Å². The predicted octanol–water partition coefficient (Wildman–Crippen LogP) is 3.25. The lowest BCUT2D eigenvalue weighted by Gasteiger charge is -2.53. The maximum Gasteiger partial charge on any atom is 0.272 e. The smallest absolute Gasteiger partial charge is 0.272 e. The molecule has 0 amide bonds. The Morgan fingerprint density at radius 3 is 2.50 bits per heavy atom. The summed E-state index contributed by atoms with van der Waals surface area (Å²) in [6.45, 7) is 4.10. The molecule has 4 heteroatoms. The van der Waals surface area contributed by atoms with Crippen LogP contribution in [-0.4, -0.2) is 16.1 Å². The van der Waals surface area contributed by atoms with Crippen LogP contribution < -0.4 is 0 Å². The van der Waals surface area contributed by atoms with Crippen LogP contribution in [0.25, 0.3) is 0 Å². The number of benzene rings is 1. The van der Waals surface area contributed by atoms with Crippen LogP contribution in [-0.2, 0) is 0 Å². The van der Waals surface area contributed by atoms with Gasteiger partial charge in [0.2, 0.25) is 0 Å². The van der Waals surface area contributed by atoms with Crippen molar-refractivity contribution in [3.8, 4) is 0 Å². The van der Waals surface area contributed by atoms with Crippen molar-refractivity contribution in [3.05, 3.63) is 39.9 Å². The molecule has 0 aliphatic heterocycles. The minimum atomic E-state index is -0.336. The fraction of sp³-hybridized carbons (Fsp3) is 0.571. The molecular formula is C14H19NO3. The summed E-state index contributed by atoms with van der Waals surface area (Å²) in [5, 5.41) is 21.1. The van der Waals surface area contributed by atoms with Gasteiger partial charge in [-0.05, 0) is 19.3 Å². The standard InChI is InChI=1S/C14H19NO3/c1-3-14(4-2)11(9-13(14)16)10-7-5-6-8-12(10)15(17)18/h5-8,11,13,16H,3-4,9H2,1-2H3. The Labute approximate surface area is 107 Å². The van der Waals surface area contributed by atoms with Crippen molar-refractivity contribution in [2.24, 2.45) is 5.41 Å². The highest BCUT2D eigenvalue weighted by molar-refractivity contribution is 5.45. The van der Waals surface area contributed by atoms with Crippen LogP contribution in [0.4, 0.5) is 5.69 Å². The Hall–Kier alpha value is -1.42. The summed E-state index contributed by atoms with van der Waals surface area (Å²) >= 11 is 0. The minimum absolute atomic E-state index is 0.101. The summed E-state index contributed by atoms with van der Waals surface area (Å²) in [5.41, 5.74) is 0.767. The Kier molecular flexibility index (Phi) is 3.39. The maximum absolute atomic E-state index is 11.1. The molecule has 1 aromatic carbocycles. The molecule has 2 atom stereocenters. The largest absolute Gasteiger partial charge is 0.393 e. The summed E-state index contributed by atoms with van der Waals surface area (Å²) in [6.07, 6.45) is 1.99. The van der Waals surface area contributed by atoms with E-state index in [4.69, 9.17) is 0 Å². The Morgan fingerprint density at radius 2 is 2.00 bits per heavy atom. The minimum Gasteiger partial charge on any atom is -0.393 e. The van der Waals surface area contributed by atoms with Gasteiger partial charge >= 0.3 is 0 Å². The maximum atomic E-state index is 11.1. The molecule has 1 aromatic rings. The van der Waals surface area contributed by atoms with Crippen LogP contribution in [0.5, 0.6) is 0 Å². The van der Waals surface area contributed by atoms with Gasteiger partial charge in [-0.25, -0.2) is 0 Å². The first-order valence-electron chi connectivity index (χ1n) is 6.48. The van der Waals surface area contributed by atoms with E-state index >= 15 is 0 Å². The van der Waals surface area contributed by atoms with E-state index in [1.807, 2.05) is 26.0 Å². The second-order valence-corrected chi connectivity index (χ2v) is 5.06. The third-order valence-corrected chi connectivity index (χ3v) is 4.64. The lowest BCUT2D eigenvalue weighted by Crippen LogP contribution is -2.51. The molecule has 0 aromatic heterocycles. The molecule has 1 aliphatic rings. The molecule has 2 rings (SSSR count). The van der Waals surface area contributed by atoms with Gasteiger partial charge in [0, 0.05) is 23.0 Å². The average molecular weight is 249 g/mol. The van der Waals surface area contributed by atoms with Gasteiger partial charge in [0.15, 0.2) is 0 Å². The summed E-state index contributed by atoms with van der Waals surface area (Å²) in [6, 6.07) is 6.91. The Balaban J connectivity index is 2.42. The van der Waals surface area contributed by atoms with Crippen molar-refractivity contribution in [1.29, 1.82) is 0 Å². The molecule has 0 bridgehead atoms. The monoisotopic (exact) mass is 249 g/mol. The zero-order valence-electron chi connectivity index (χ0n) is 10.8. The fourth-order valence-corrected chi connectivity index (χ4v) is 3.36. The second kappa shape index (κ2) is 4.69. The third-order valence-electron chi connectivity index (χ3n) is 4.64. The highest BCUT2D eigenvalue weighted by atomic mass is 16.6. The number of nitrogens with zero attached hydrogens (tertiary/aromatic N) is 1. The number of para-hydroxylation sites is 1. The highest BCUT2D eigenvalue weighted by Gasteiger charge is 2.53. The second-order valence-electron chi connectivity index (χ2n) is 5.06. The molecule has 1 N–H and O–H groups in total. The first kappa shape index (κ1) is 13.0. The number of nitro groups is 1. The van der Waals surface area contributed by atoms with Gasteiger partial charge in [-0.1, -0.05) is 32.0 Å². The van der Waals surface area contributed by atoms with Crippen molar-refractivity contribution in [3.63, 3.8) is 0 Å². The first-order chi connectivity index (χ1) is 8.56. The molecule has 98 valence electrons. The first-order valence-corrected chi connectivity index (χ1v) is 6.48. The van der Waals surface area contributed by atoms with Crippen LogP contribution in [0.2, 0.25) is 0 Å². The van der Waals surface area contributed by atoms with Gasteiger partial charge in [-0.3, -0.25) is 10.1 Å². The fourth-order valence-electron chi connectivity index (χ4n) is 3.36. The zero-order valence-corrected chi connectivity index (χ0v) is 10.8. The van der Waals surface area contributed by atoms with E-state index in [1.165, 1.54) is 0 Å². The van der Waals surface area contributed by atoms with Gasteiger partial charge in [-0.15, -0.1) is 0 Å². The summed E-state index contributed by atoms with van der Waals surface area (Å²) in [7, 11) is 0. The lowest BCUT2D eigenvalue weighted by molar-refractivity contribution is -0.386. The number of hydrogen-bond donors (Lipinski definition) is 1. The van der Waals surface area contributed by atoms with Crippen molar-refractivity contribution >= 4 is 5.69 Å². The van der Waals surface area contributed by atoms with E-state index in [2.05, 4.69) is 0 Å². The Bertz CT molecular complexity index is 454. The van der Waals surface area contributed by atoms with E-state index in [-0.39, 0.29) is 28.0 Å². The van der Waals surface area contributed by atoms with Crippen molar-refractivity contribution in [2.75, 3.05) is 0 Å². The molecule has 1 fully saturated rings. The van der Waals surface area contributed by atoms with Crippen LogP contribution in [0.1, 0.15) is 44.6 Å². The van der Waals surface area contributed by atoms with E-state index in [9.17, 15) is 15.2 Å². The van der Waals surface area contributed by atoms with Crippen molar-refractivity contribution < 1.29 is 10.0 Å². The van der Waals surface area contributed by atoms with E-state index < -0.39 is 0 Å². The molecule has 0 saturated heterocycles. The SMILES string of the molecule is CCC1(CC)C(O)CC1c1ccccc1[N+](=O)[O-]. The molecule has 2 unspecified atom stereocenters. The molecule has 1 saturated carbocycles. The number of nitro benzene ring substituents is 1. The molecular weight excluding hydrogens is 230 g/mol. The number of hydrogen-bond acceptors (Lipinski definition) is 3. The summed E-state index contributed by atoms with van der Waals surface area (Å²) in [5.74, 6) is 0.101. The molecule has 0 heterocycles. The average Bonchev–Trinajstić information content (AvgIpc) is 2.37. The van der Waals surface area contributed by atoms with Crippen LogP contribution in [0.15, 0.2) is 24.3 Å². The normalized spacial score (nSPS) is 25.5. The molecule has 18 heavy (non-hydrogen) atoms. The van der Waals surface area contributed by atoms with Gasteiger partial charge in [-0.2, -0.15) is 0 Å². The zero-order chi connectivity index (χ0) is 13.3. The number of rotatable bonds is 4. The quantitative estimate of drug-likeness (QED) is 0.658. The van der Waals surface area contributed by atoms with E-state index in [0.29, 0.717) is 6.42 Å². The van der Waals surface area contributed by atoms with Gasteiger partial charge in [0.1, 0.15) is 0 Å². The molecule has 4 nitrogen and oxygen atoms in total. The van der Waals surface area contributed by atoms with Gasteiger partial charge in [0.05, 0.1) is 11.0 Å². The van der Waals surface area contributed by atoms with Crippen LogP contribution >= 0.6 is 0 Å². The van der Waals surface area contributed by atoms with Gasteiger partial charge in [0.25, 0.3) is 5.69 Å². The topological polar surface area (TPSA) is 63.4 Å². The summed E-state index contributed by atoms with van der Waals surface area (Å²) in [4.78, 5) is 10.8. The number of aliphatic hydroxyl groups excluding tert-OH is 1. The Morgan fingerprint density at radius 1 is 1.39 bits per heavy atom. The highest BCUT2D eigenvalue weighted by Crippen LogP contribution is 2.58.